The van der Waals surface area contributed by atoms with Crippen LogP contribution in [-0.2, 0) is 11.2 Å². The molecule has 4 atom stereocenters. The van der Waals surface area contributed by atoms with Gasteiger partial charge in [-0.05, 0) is 58.9 Å². The third-order valence-electron chi connectivity index (χ3n) is 7.94. The summed E-state index contributed by atoms with van der Waals surface area (Å²) in [7, 11) is 1.65. The molecule has 0 radical (unpaired) electrons. The number of carbonyl (C=O) groups is 1. The van der Waals surface area contributed by atoms with E-state index in [1.807, 2.05) is 54.8 Å². The number of benzene rings is 3. The van der Waals surface area contributed by atoms with Crippen molar-refractivity contribution < 1.29 is 14.6 Å². The average molecular weight is 512 g/mol. The number of rotatable bonds is 6. The summed E-state index contributed by atoms with van der Waals surface area (Å²) in [6, 6.07) is 22.2. The zero-order chi connectivity index (χ0) is 25.7. The van der Waals surface area contributed by atoms with E-state index in [1.54, 1.807) is 7.11 Å². The number of hydrogen-bond acceptors (Lipinski definition) is 6. The van der Waals surface area contributed by atoms with Crippen LogP contribution in [0.15, 0.2) is 72.1 Å². The molecule has 4 N–H and O–H groups in total. The summed E-state index contributed by atoms with van der Waals surface area (Å²) in [6.07, 6.45) is 0.256. The number of amides is 1. The number of aromatic nitrogens is 1. The molecule has 0 saturated carbocycles. The largest absolute Gasteiger partial charge is 0.497 e. The highest BCUT2D eigenvalue weighted by molar-refractivity contribution is 7.13. The number of nitrogens with zero attached hydrogens (tertiary/aromatic N) is 1. The fourth-order valence-electron chi connectivity index (χ4n) is 6.20. The number of aliphatic hydroxyl groups is 1. The van der Waals surface area contributed by atoms with Crippen molar-refractivity contribution in [3.8, 4) is 5.75 Å². The number of ether oxygens (including phenoxy) is 1. The predicted octanol–water partition coefficient (Wildman–Crippen LogP) is 5.32. The second kappa shape index (κ2) is 9.10. The van der Waals surface area contributed by atoms with Crippen molar-refractivity contribution in [2.75, 3.05) is 12.4 Å². The summed E-state index contributed by atoms with van der Waals surface area (Å²) >= 11 is 1.44. The van der Waals surface area contributed by atoms with Gasteiger partial charge >= 0.3 is 0 Å². The minimum Gasteiger partial charge on any atom is -0.497 e. The number of methoxy groups -OCH3 is 1. The normalized spacial score (nSPS) is 22.2. The first kappa shape index (κ1) is 23.9. The molecule has 7 rings (SSSR count). The molecule has 3 aliphatic carbocycles. The van der Waals surface area contributed by atoms with Crippen LogP contribution in [0.1, 0.15) is 70.5 Å². The lowest BCUT2D eigenvalue weighted by Crippen LogP contribution is -2.47. The van der Waals surface area contributed by atoms with E-state index in [0.717, 1.165) is 33.7 Å². The van der Waals surface area contributed by atoms with Crippen LogP contribution in [0.25, 0.3) is 0 Å². The molecule has 0 saturated heterocycles. The maximum Gasteiger partial charge on any atom is 0.233 e. The number of nitrogens with two attached hydrogens (primary N) is 1. The summed E-state index contributed by atoms with van der Waals surface area (Å²) in [6.45, 7) is 2.03. The first-order chi connectivity index (χ1) is 17.9. The van der Waals surface area contributed by atoms with Crippen molar-refractivity contribution in [2.24, 2.45) is 11.1 Å². The van der Waals surface area contributed by atoms with Gasteiger partial charge in [0.05, 0.1) is 18.2 Å². The maximum atomic E-state index is 14.0. The van der Waals surface area contributed by atoms with Gasteiger partial charge in [-0.15, -0.1) is 11.3 Å². The molecular formula is C30H29N3O3S. The van der Waals surface area contributed by atoms with Gasteiger partial charge in [-0.25, -0.2) is 4.98 Å². The number of nitrogens with one attached hydrogen (secondary N) is 1. The monoisotopic (exact) mass is 511 g/mol. The number of anilines is 1. The SMILES string of the molecule is COc1ccc(Cc2csc(NC(=O)C3(C)CC4c5ccccc5C3c3c(C(N)O)cccc34)n2)cc1. The van der Waals surface area contributed by atoms with E-state index in [-0.39, 0.29) is 17.7 Å². The number of hydrogen-bond donors (Lipinski definition) is 3. The minimum absolute atomic E-state index is 0.0608. The lowest BCUT2D eigenvalue weighted by atomic mass is 9.51. The predicted molar refractivity (Wildman–Crippen MR) is 145 cm³/mol. The van der Waals surface area contributed by atoms with E-state index < -0.39 is 11.6 Å². The van der Waals surface area contributed by atoms with Gasteiger partial charge in [-0.3, -0.25) is 4.79 Å². The summed E-state index contributed by atoms with van der Waals surface area (Å²) in [5, 5.41) is 16.1. The fourth-order valence-corrected chi connectivity index (χ4v) is 6.90. The molecule has 3 aliphatic rings. The second-order valence-corrected chi connectivity index (χ2v) is 11.0. The van der Waals surface area contributed by atoms with Crippen LogP contribution >= 0.6 is 11.3 Å². The van der Waals surface area contributed by atoms with Crippen molar-refractivity contribution in [3.63, 3.8) is 0 Å². The van der Waals surface area contributed by atoms with E-state index in [0.29, 0.717) is 23.5 Å². The van der Waals surface area contributed by atoms with Gasteiger partial charge in [0.15, 0.2) is 5.13 Å². The average Bonchev–Trinajstić information content (AvgIpc) is 3.35. The van der Waals surface area contributed by atoms with Gasteiger partial charge in [-0.2, -0.15) is 0 Å². The zero-order valence-corrected chi connectivity index (χ0v) is 21.6. The van der Waals surface area contributed by atoms with Crippen LogP contribution in [0, 0.1) is 5.41 Å². The first-order valence-electron chi connectivity index (χ1n) is 12.4. The van der Waals surface area contributed by atoms with Crippen LogP contribution in [0.3, 0.4) is 0 Å². The number of carbonyl (C=O) groups excluding carboxylic acids is 1. The molecule has 37 heavy (non-hydrogen) atoms. The lowest BCUT2D eigenvalue weighted by Gasteiger charge is -2.51. The van der Waals surface area contributed by atoms with Crippen molar-refractivity contribution in [1.29, 1.82) is 0 Å². The standard InChI is InChI=1S/C30H29N3O3S/c1-30(28(35)33-29-32-18(16-37-29)14-17-10-12-19(36-2)13-11-17)15-24-20-6-3-4-7-22(20)26(30)25-21(24)8-5-9-23(25)27(31)34/h3-13,16,24,26-27,34H,14-15,31H2,1-2H3,(H,32,33,35). The Morgan fingerprint density at radius 3 is 2.59 bits per heavy atom. The van der Waals surface area contributed by atoms with E-state index in [9.17, 15) is 9.90 Å². The molecule has 0 aliphatic heterocycles. The molecule has 1 amide bonds. The quantitative estimate of drug-likeness (QED) is 0.305. The van der Waals surface area contributed by atoms with Crippen LogP contribution in [-0.4, -0.2) is 23.1 Å². The first-order valence-corrected chi connectivity index (χ1v) is 13.3. The molecule has 1 heterocycles. The Morgan fingerprint density at radius 2 is 1.86 bits per heavy atom. The summed E-state index contributed by atoms with van der Waals surface area (Å²) in [5.41, 5.74) is 12.5. The van der Waals surface area contributed by atoms with E-state index in [4.69, 9.17) is 15.5 Å². The second-order valence-electron chi connectivity index (χ2n) is 10.2. The van der Waals surface area contributed by atoms with Gasteiger partial charge in [0, 0.05) is 23.6 Å². The van der Waals surface area contributed by atoms with Crippen molar-refractivity contribution in [3.05, 3.63) is 111 Å². The highest BCUT2D eigenvalue weighted by Crippen LogP contribution is 2.62. The van der Waals surface area contributed by atoms with Gasteiger partial charge in [0.25, 0.3) is 0 Å². The molecule has 0 spiro atoms. The van der Waals surface area contributed by atoms with Crippen LogP contribution in [0.5, 0.6) is 5.75 Å². The number of fused-ring (bicyclic) bond motifs is 1. The van der Waals surface area contributed by atoms with Crippen LogP contribution in [0.2, 0.25) is 0 Å². The van der Waals surface area contributed by atoms with Gasteiger partial charge < -0.3 is 20.9 Å². The van der Waals surface area contributed by atoms with Crippen molar-refractivity contribution in [2.45, 2.75) is 37.8 Å². The Bertz CT molecular complexity index is 1480. The Hall–Kier alpha value is -3.52. The molecule has 2 bridgehead atoms. The molecule has 3 aromatic carbocycles. The Kier molecular flexibility index (Phi) is 5.87. The molecule has 4 aromatic rings. The molecule has 0 fully saturated rings. The lowest BCUT2D eigenvalue weighted by molar-refractivity contribution is -0.126. The highest BCUT2D eigenvalue weighted by atomic mass is 32.1. The summed E-state index contributed by atoms with van der Waals surface area (Å²) < 4.78 is 5.24. The molecule has 6 nitrogen and oxygen atoms in total. The number of thiazole rings is 1. The number of aliphatic hydroxyl groups excluding tert-OH is 1. The van der Waals surface area contributed by atoms with Gasteiger partial charge in [0.1, 0.15) is 12.0 Å². The Morgan fingerprint density at radius 1 is 1.14 bits per heavy atom. The topological polar surface area (TPSA) is 97.5 Å². The van der Waals surface area contributed by atoms with E-state index in [1.165, 1.54) is 16.9 Å². The zero-order valence-electron chi connectivity index (χ0n) is 20.8. The molecule has 188 valence electrons. The van der Waals surface area contributed by atoms with Crippen LogP contribution in [0.4, 0.5) is 5.13 Å². The summed E-state index contributed by atoms with van der Waals surface area (Å²) in [4.78, 5) is 18.7. The third kappa shape index (κ3) is 3.94. The van der Waals surface area contributed by atoms with Crippen molar-refractivity contribution in [1.82, 2.24) is 4.98 Å². The molecular weight excluding hydrogens is 482 g/mol. The minimum atomic E-state index is -1.10. The summed E-state index contributed by atoms with van der Waals surface area (Å²) in [5.74, 6) is 0.609. The third-order valence-corrected chi connectivity index (χ3v) is 8.75. The molecule has 7 heteroatoms. The highest BCUT2D eigenvalue weighted by Gasteiger charge is 2.55. The fraction of sp³-hybridized carbons (Fsp3) is 0.267. The molecule has 1 aromatic heterocycles. The maximum absolute atomic E-state index is 14.0. The smallest absolute Gasteiger partial charge is 0.233 e. The Balaban J connectivity index is 1.31. The van der Waals surface area contributed by atoms with Crippen LogP contribution < -0.4 is 15.8 Å². The van der Waals surface area contributed by atoms with E-state index in [2.05, 4.69) is 29.6 Å². The van der Waals surface area contributed by atoms with E-state index >= 15 is 0 Å². The van der Waals surface area contributed by atoms with Gasteiger partial charge in [0.2, 0.25) is 5.91 Å². The molecule has 4 unspecified atom stereocenters. The van der Waals surface area contributed by atoms with Crippen molar-refractivity contribution >= 4 is 22.4 Å². The van der Waals surface area contributed by atoms with Gasteiger partial charge in [-0.1, -0.05) is 54.6 Å². The Labute approximate surface area is 220 Å².